The third-order valence-electron chi connectivity index (χ3n) is 3.38. The van der Waals surface area contributed by atoms with Crippen molar-refractivity contribution < 1.29 is 0 Å². The number of nitrogens with zero attached hydrogens (tertiary/aromatic N) is 3. The van der Waals surface area contributed by atoms with Crippen molar-refractivity contribution in [3.8, 4) is 6.07 Å². The Labute approximate surface area is 109 Å². The van der Waals surface area contributed by atoms with Gasteiger partial charge in [-0.05, 0) is 45.4 Å². The maximum Gasteiger partial charge on any atom is 0.146 e. The van der Waals surface area contributed by atoms with Gasteiger partial charge in [0.2, 0.25) is 0 Å². The SMILES string of the molecule is CC(C)N(CC1CCCN1)c1ncccc1C#N. The summed E-state index contributed by atoms with van der Waals surface area (Å²) in [4.78, 5) is 6.61. The normalized spacial score (nSPS) is 18.9. The number of nitrogens with one attached hydrogen (secondary N) is 1. The highest BCUT2D eigenvalue weighted by molar-refractivity contribution is 5.54. The van der Waals surface area contributed by atoms with E-state index < -0.39 is 0 Å². The van der Waals surface area contributed by atoms with E-state index in [0.29, 0.717) is 17.6 Å². The van der Waals surface area contributed by atoms with Crippen LogP contribution in [0.2, 0.25) is 0 Å². The Balaban J connectivity index is 2.21. The van der Waals surface area contributed by atoms with E-state index in [4.69, 9.17) is 0 Å². The van der Waals surface area contributed by atoms with Crippen molar-refractivity contribution in [3.05, 3.63) is 23.9 Å². The van der Waals surface area contributed by atoms with E-state index in [0.717, 1.165) is 18.9 Å². The first-order chi connectivity index (χ1) is 8.72. The minimum Gasteiger partial charge on any atom is -0.352 e. The van der Waals surface area contributed by atoms with Crippen LogP contribution < -0.4 is 10.2 Å². The minimum atomic E-state index is 0.342. The lowest BCUT2D eigenvalue weighted by molar-refractivity contribution is 0.549. The first-order valence-corrected chi connectivity index (χ1v) is 6.57. The molecular weight excluding hydrogens is 224 g/mol. The van der Waals surface area contributed by atoms with Gasteiger partial charge in [0, 0.05) is 24.8 Å². The van der Waals surface area contributed by atoms with Crippen LogP contribution in [0.4, 0.5) is 5.82 Å². The van der Waals surface area contributed by atoms with Crippen LogP contribution in [0, 0.1) is 11.3 Å². The molecule has 4 heteroatoms. The molecule has 1 aromatic heterocycles. The summed E-state index contributed by atoms with van der Waals surface area (Å²) >= 11 is 0. The second-order valence-electron chi connectivity index (χ2n) is 5.03. The molecule has 1 N–H and O–H groups in total. The summed E-state index contributed by atoms with van der Waals surface area (Å²) in [6.07, 6.45) is 4.20. The number of hydrogen-bond acceptors (Lipinski definition) is 4. The number of anilines is 1. The van der Waals surface area contributed by atoms with E-state index in [-0.39, 0.29) is 0 Å². The smallest absolute Gasteiger partial charge is 0.146 e. The van der Waals surface area contributed by atoms with Gasteiger partial charge >= 0.3 is 0 Å². The zero-order valence-electron chi connectivity index (χ0n) is 11.1. The van der Waals surface area contributed by atoms with Crippen LogP contribution in [0.5, 0.6) is 0 Å². The van der Waals surface area contributed by atoms with Crippen molar-refractivity contribution in [3.63, 3.8) is 0 Å². The number of nitriles is 1. The first-order valence-electron chi connectivity index (χ1n) is 6.57. The van der Waals surface area contributed by atoms with Gasteiger partial charge in [0.25, 0.3) is 0 Å². The highest BCUT2D eigenvalue weighted by Gasteiger charge is 2.22. The molecule has 96 valence electrons. The summed E-state index contributed by atoms with van der Waals surface area (Å²) in [6, 6.07) is 6.74. The molecule has 0 radical (unpaired) electrons. The Morgan fingerprint density at radius 1 is 1.61 bits per heavy atom. The molecule has 1 aliphatic heterocycles. The van der Waals surface area contributed by atoms with Crippen LogP contribution in [0.15, 0.2) is 18.3 Å². The van der Waals surface area contributed by atoms with Gasteiger partial charge in [0.1, 0.15) is 11.9 Å². The van der Waals surface area contributed by atoms with Crippen molar-refractivity contribution in [2.75, 3.05) is 18.0 Å². The molecule has 0 aliphatic carbocycles. The Bertz CT molecular complexity index is 430. The highest BCUT2D eigenvalue weighted by Crippen LogP contribution is 2.20. The van der Waals surface area contributed by atoms with E-state index in [1.807, 2.05) is 12.1 Å². The fourth-order valence-corrected chi connectivity index (χ4v) is 2.40. The average Bonchev–Trinajstić information content (AvgIpc) is 2.88. The Kier molecular flexibility index (Phi) is 4.16. The van der Waals surface area contributed by atoms with Crippen molar-refractivity contribution in [1.29, 1.82) is 5.26 Å². The molecule has 0 spiro atoms. The second-order valence-corrected chi connectivity index (χ2v) is 5.03. The van der Waals surface area contributed by atoms with E-state index in [1.165, 1.54) is 12.8 Å². The molecule has 4 nitrogen and oxygen atoms in total. The summed E-state index contributed by atoms with van der Waals surface area (Å²) in [7, 11) is 0. The molecule has 2 rings (SSSR count). The van der Waals surface area contributed by atoms with Gasteiger partial charge in [-0.25, -0.2) is 4.98 Å². The van der Waals surface area contributed by atoms with E-state index in [9.17, 15) is 5.26 Å². The van der Waals surface area contributed by atoms with Crippen molar-refractivity contribution in [2.45, 2.75) is 38.8 Å². The number of aromatic nitrogens is 1. The van der Waals surface area contributed by atoms with Crippen LogP contribution in [-0.4, -0.2) is 30.2 Å². The molecule has 18 heavy (non-hydrogen) atoms. The van der Waals surface area contributed by atoms with Crippen LogP contribution in [0.3, 0.4) is 0 Å². The van der Waals surface area contributed by atoms with Crippen molar-refractivity contribution in [1.82, 2.24) is 10.3 Å². The van der Waals surface area contributed by atoms with Gasteiger partial charge in [-0.3, -0.25) is 0 Å². The molecule has 0 bridgehead atoms. The summed E-state index contributed by atoms with van der Waals surface area (Å²) in [5.74, 6) is 0.809. The largest absolute Gasteiger partial charge is 0.352 e. The molecule has 0 aromatic carbocycles. The molecule has 1 aromatic rings. The molecule has 1 aliphatic rings. The van der Waals surface area contributed by atoms with Crippen LogP contribution in [0.25, 0.3) is 0 Å². The predicted molar refractivity (Wildman–Crippen MR) is 72.5 cm³/mol. The van der Waals surface area contributed by atoms with Crippen molar-refractivity contribution in [2.24, 2.45) is 0 Å². The summed E-state index contributed by atoms with van der Waals surface area (Å²) in [5.41, 5.74) is 0.657. The Morgan fingerprint density at radius 2 is 2.44 bits per heavy atom. The number of hydrogen-bond donors (Lipinski definition) is 1. The van der Waals surface area contributed by atoms with E-state index in [2.05, 4.69) is 35.1 Å². The second kappa shape index (κ2) is 5.83. The number of rotatable bonds is 4. The molecular formula is C14H20N4. The Hall–Kier alpha value is -1.60. The van der Waals surface area contributed by atoms with Gasteiger partial charge < -0.3 is 10.2 Å². The predicted octanol–water partition coefficient (Wildman–Crippen LogP) is 1.92. The molecule has 1 unspecified atom stereocenters. The van der Waals surface area contributed by atoms with Crippen LogP contribution >= 0.6 is 0 Å². The maximum atomic E-state index is 9.18. The lowest BCUT2D eigenvalue weighted by atomic mass is 10.1. The standard InChI is InChI=1S/C14H20N4/c1-11(2)18(10-13-6-4-7-16-13)14-12(9-15)5-3-8-17-14/h3,5,8,11,13,16H,4,6-7,10H2,1-2H3. The zero-order valence-corrected chi connectivity index (χ0v) is 11.1. The van der Waals surface area contributed by atoms with Crippen LogP contribution in [0.1, 0.15) is 32.3 Å². The maximum absolute atomic E-state index is 9.18. The van der Waals surface area contributed by atoms with Gasteiger partial charge in [-0.2, -0.15) is 5.26 Å². The minimum absolute atomic E-state index is 0.342. The molecule has 1 atom stereocenters. The van der Waals surface area contributed by atoms with Gasteiger partial charge in [-0.15, -0.1) is 0 Å². The molecule has 2 heterocycles. The Morgan fingerprint density at radius 3 is 3.06 bits per heavy atom. The monoisotopic (exact) mass is 244 g/mol. The molecule has 1 saturated heterocycles. The van der Waals surface area contributed by atoms with Gasteiger partial charge in [0.15, 0.2) is 0 Å². The summed E-state index contributed by atoms with van der Waals surface area (Å²) < 4.78 is 0. The van der Waals surface area contributed by atoms with Gasteiger partial charge in [0.05, 0.1) is 5.56 Å². The van der Waals surface area contributed by atoms with E-state index in [1.54, 1.807) is 6.20 Å². The third-order valence-corrected chi connectivity index (χ3v) is 3.38. The van der Waals surface area contributed by atoms with Crippen LogP contribution in [-0.2, 0) is 0 Å². The average molecular weight is 244 g/mol. The molecule has 1 fully saturated rings. The van der Waals surface area contributed by atoms with Gasteiger partial charge in [-0.1, -0.05) is 0 Å². The lowest BCUT2D eigenvalue weighted by Crippen LogP contribution is -2.42. The third kappa shape index (κ3) is 2.80. The summed E-state index contributed by atoms with van der Waals surface area (Å²) in [6.45, 7) is 6.31. The lowest BCUT2D eigenvalue weighted by Gasteiger charge is -2.31. The fourth-order valence-electron chi connectivity index (χ4n) is 2.40. The summed E-state index contributed by atoms with van der Waals surface area (Å²) in [5, 5.41) is 12.7. The zero-order chi connectivity index (χ0) is 13.0. The quantitative estimate of drug-likeness (QED) is 0.879. The van der Waals surface area contributed by atoms with Crippen molar-refractivity contribution >= 4 is 5.82 Å². The molecule has 0 amide bonds. The topological polar surface area (TPSA) is 52.0 Å². The fraction of sp³-hybridized carbons (Fsp3) is 0.571. The highest BCUT2D eigenvalue weighted by atomic mass is 15.2. The molecule has 0 saturated carbocycles. The number of pyridine rings is 1. The first kappa shape index (κ1) is 12.8. The van der Waals surface area contributed by atoms with E-state index >= 15 is 0 Å².